The average Bonchev–Trinajstić information content (AvgIpc) is 2.50. The molecule has 3 heteroatoms. The number of rotatable bonds is 4. The number of hydrogen-bond acceptors (Lipinski definition) is 3. The summed E-state index contributed by atoms with van der Waals surface area (Å²) in [6.45, 7) is 3.45. The summed E-state index contributed by atoms with van der Waals surface area (Å²) in [5, 5.41) is 8.84. The van der Waals surface area contributed by atoms with Crippen LogP contribution in [0.2, 0.25) is 0 Å². The van der Waals surface area contributed by atoms with Crippen LogP contribution in [0.5, 0.6) is 0 Å². The van der Waals surface area contributed by atoms with Gasteiger partial charge in [-0.3, -0.25) is 4.90 Å². The highest BCUT2D eigenvalue weighted by atomic mass is 16.2. The highest BCUT2D eigenvalue weighted by molar-refractivity contribution is 5.41. The van der Waals surface area contributed by atoms with Crippen LogP contribution in [-0.2, 0) is 6.54 Å². The first kappa shape index (κ1) is 16.0. The zero-order valence-electron chi connectivity index (χ0n) is 13.2. The summed E-state index contributed by atoms with van der Waals surface area (Å²) in [6, 6.07) is 9.01. The van der Waals surface area contributed by atoms with Crippen LogP contribution in [0.4, 0.5) is 0 Å². The Bertz CT molecular complexity index is 495. The molecule has 0 bridgehead atoms. The van der Waals surface area contributed by atoms with Crippen molar-refractivity contribution in [2.45, 2.75) is 31.8 Å². The van der Waals surface area contributed by atoms with Gasteiger partial charge in [-0.25, -0.2) is 0 Å². The molecule has 114 valence electrons. The molecule has 1 N–H and O–H groups in total. The minimum Gasteiger partial charge on any atom is -0.395 e. The van der Waals surface area contributed by atoms with Gasteiger partial charge in [0, 0.05) is 24.6 Å². The van der Waals surface area contributed by atoms with E-state index in [1.165, 1.54) is 31.5 Å². The molecule has 0 saturated carbocycles. The number of aliphatic hydroxyl groups excluding tert-OH is 1. The molecule has 0 aliphatic carbocycles. The predicted molar refractivity (Wildman–Crippen MR) is 87.0 cm³/mol. The molecule has 0 unspecified atom stereocenters. The Labute approximate surface area is 128 Å². The summed E-state index contributed by atoms with van der Waals surface area (Å²) in [5.41, 5.74) is 2.37. The lowest BCUT2D eigenvalue weighted by Gasteiger charge is -2.35. The fraction of sp³-hybridized carbons (Fsp3) is 0.556. The van der Waals surface area contributed by atoms with E-state index in [1.54, 1.807) is 0 Å². The summed E-state index contributed by atoms with van der Waals surface area (Å²) in [4.78, 5) is 4.86. The average molecular weight is 286 g/mol. The Morgan fingerprint density at radius 2 is 2.00 bits per heavy atom. The van der Waals surface area contributed by atoms with Crippen molar-refractivity contribution in [3.8, 4) is 11.8 Å². The third-order valence-electron chi connectivity index (χ3n) is 4.21. The lowest BCUT2D eigenvalue weighted by Crippen LogP contribution is -2.41. The predicted octanol–water partition coefficient (Wildman–Crippen LogP) is 1.95. The summed E-state index contributed by atoms with van der Waals surface area (Å²) in [5.74, 6) is 6.21. The van der Waals surface area contributed by atoms with E-state index in [0.29, 0.717) is 12.5 Å². The van der Waals surface area contributed by atoms with Gasteiger partial charge in [0.05, 0.1) is 6.61 Å². The molecule has 21 heavy (non-hydrogen) atoms. The van der Waals surface area contributed by atoms with Crippen molar-refractivity contribution >= 4 is 0 Å². The number of hydrogen-bond donors (Lipinski definition) is 1. The van der Waals surface area contributed by atoms with Crippen LogP contribution in [0, 0.1) is 11.8 Å². The van der Waals surface area contributed by atoms with Gasteiger partial charge in [-0.2, -0.15) is 0 Å². The van der Waals surface area contributed by atoms with Crippen molar-refractivity contribution < 1.29 is 5.11 Å². The van der Waals surface area contributed by atoms with Gasteiger partial charge in [0.1, 0.15) is 0 Å². The van der Waals surface area contributed by atoms with Crippen molar-refractivity contribution in [2.75, 3.05) is 33.8 Å². The maximum absolute atomic E-state index is 8.84. The van der Waals surface area contributed by atoms with Gasteiger partial charge in [-0.05, 0) is 51.7 Å². The Morgan fingerprint density at radius 3 is 2.71 bits per heavy atom. The molecule has 1 aromatic carbocycles. The largest absolute Gasteiger partial charge is 0.395 e. The smallest absolute Gasteiger partial charge is 0.0540 e. The molecule has 0 amide bonds. The minimum atomic E-state index is 0.130. The molecule has 1 aliphatic rings. The molecular formula is C18H26N2O. The van der Waals surface area contributed by atoms with Crippen LogP contribution in [0.1, 0.15) is 30.4 Å². The quantitative estimate of drug-likeness (QED) is 0.857. The first-order valence-corrected chi connectivity index (χ1v) is 7.77. The molecule has 1 saturated heterocycles. The topological polar surface area (TPSA) is 26.7 Å². The second kappa shape index (κ2) is 8.19. The van der Waals surface area contributed by atoms with Gasteiger partial charge in [0.15, 0.2) is 0 Å². The number of piperidine rings is 1. The van der Waals surface area contributed by atoms with Crippen LogP contribution in [0.15, 0.2) is 24.3 Å². The zero-order chi connectivity index (χ0) is 15.1. The summed E-state index contributed by atoms with van der Waals surface area (Å²) >= 11 is 0. The van der Waals surface area contributed by atoms with Gasteiger partial charge in [0.2, 0.25) is 0 Å². The molecule has 0 spiro atoms. The van der Waals surface area contributed by atoms with E-state index in [2.05, 4.69) is 53.9 Å². The first-order valence-electron chi connectivity index (χ1n) is 7.77. The SMILES string of the molecule is CN1CCC(N(C)Cc2ccccc2C#CCCO)CC1. The van der Waals surface area contributed by atoms with Gasteiger partial charge >= 0.3 is 0 Å². The summed E-state index contributed by atoms with van der Waals surface area (Å²) < 4.78 is 0. The Balaban J connectivity index is 2.00. The molecule has 1 heterocycles. The Hall–Kier alpha value is -1.34. The van der Waals surface area contributed by atoms with Gasteiger partial charge in [0.25, 0.3) is 0 Å². The maximum atomic E-state index is 8.84. The van der Waals surface area contributed by atoms with Gasteiger partial charge < -0.3 is 10.0 Å². The van der Waals surface area contributed by atoms with E-state index >= 15 is 0 Å². The van der Waals surface area contributed by atoms with E-state index in [1.807, 2.05) is 6.07 Å². The van der Waals surface area contributed by atoms with E-state index in [-0.39, 0.29) is 6.61 Å². The fourth-order valence-electron chi connectivity index (χ4n) is 2.83. The molecular weight excluding hydrogens is 260 g/mol. The first-order chi connectivity index (χ1) is 10.2. The maximum Gasteiger partial charge on any atom is 0.0540 e. The zero-order valence-corrected chi connectivity index (χ0v) is 13.2. The second-order valence-electron chi connectivity index (χ2n) is 5.88. The molecule has 1 aromatic rings. The van der Waals surface area contributed by atoms with Crippen molar-refractivity contribution in [3.05, 3.63) is 35.4 Å². The number of benzene rings is 1. The second-order valence-corrected chi connectivity index (χ2v) is 5.88. The molecule has 3 nitrogen and oxygen atoms in total. The van der Waals surface area contributed by atoms with Crippen LogP contribution < -0.4 is 0 Å². The van der Waals surface area contributed by atoms with E-state index in [4.69, 9.17) is 5.11 Å². The van der Waals surface area contributed by atoms with E-state index < -0.39 is 0 Å². The van der Waals surface area contributed by atoms with Crippen LogP contribution in [0.25, 0.3) is 0 Å². The summed E-state index contributed by atoms with van der Waals surface area (Å²) in [6.07, 6.45) is 3.02. The third-order valence-corrected chi connectivity index (χ3v) is 4.21. The van der Waals surface area contributed by atoms with Crippen LogP contribution >= 0.6 is 0 Å². The number of aliphatic hydroxyl groups is 1. The van der Waals surface area contributed by atoms with Crippen molar-refractivity contribution in [1.82, 2.24) is 9.80 Å². The molecule has 2 rings (SSSR count). The summed E-state index contributed by atoms with van der Waals surface area (Å²) in [7, 11) is 4.41. The van der Waals surface area contributed by atoms with Crippen LogP contribution in [-0.4, -0.2) is 54.7 Å². The Morgan fingerprint density at radius 1 is 1.29 bits per heavy atom. The number of likely N-dealkylation sites (tertiary alicyclic amines) is 1. The highest BCUT2D eigenvalue weighted by Crippen LogP contribution is 2.18. The standard InChI is InChI=1S/C18H26N2O/c1-19-12-10-18(11-13-19)20(2)15-17-9-4-3-7-16(17)8-5-6-14-21/h3-4,7,9,18,21H,6,10-15H2,1-2H3. The molecule has 1 aliphatic heterocycles. The minimum absolute atomic E-state index is 0.130. The van der Waals surface area contributed by atoms with E-state index in [9.17, 15) is 0 Å². The van der Waals surface area contributed by atoms with Crippen molar-refractivity contribution in [3.63, 3.8) is 0 Å². The van der Waals surface area contributed by atoms with Crippen LogP contribution in [0.3, 0.4) is 0 Å². The lowest BCUT2D eigenvalue weighted by atomic mass is 10.0. The lowest BCUT2D eigenvalue weighted by molar-refractivity contribution is 0.139. The van der Waals surface area contributed by atoms with Crippen molar-refractivity contribution in [2.24, 2.45) is 0 Å². The molecule has 0 radical (unpaired) electrons. The third kappa shape index (κ3) is 4.86. The fourth-order valence-corrected chi connectivity index (χ4v) is 2.83. The van der Waals surface area contributed by atoms with Crippen molar-refractivity contribution in [1.29, 1.82) is 0 Å². The molecule has 0 atom stereocenters. The monoisotopic (exact) mass is 286 g/mol. The Kier molecular flexibility index (Phi) is 6.25. The number of nitrogens with zero attached hydrogens (tertiary/aromatic N) is 2. The van der Waals surface area contributed by atoms with Gasteiger partial charge in [-0.1, -0.05) is 30.0 Å². The highest BCUT2D eigenvalue weighted by Gasteiger charge is 2.20. The van der Waals surface area contributed by atoms with Gasteiger partial charge in [-0.15, -0.1) is 0 Å². The normalized spacial score (nSPS) is 16.8. The molecule has 1 fully saturated rings. The molecule has 0 aromatic heterocycles. The van der Waals surface area contributed by atoms with E-state index in [0.717, 1.165) is 12.1 Å².